The first-order chi connectivity index (χ1) is 10.0. The van der Waals surface area contributed by atoms with Crippen molar-refractivity contribution < 1.29 is 14.7 Å². The Morgan fingerprint density at radius 3 is 2.62 bits per heavy atom. The second-order valence-corrected chi connectivity index (χ2v) is 5.37. The molecular formula is C16H20N2O3. The lowest BCUT2D eigenvalue weighted by Crippen LogP contribution is -2.38. The third-order valence-corrected chi connectivity index (χ3v) is 3.97. The number of nitrogens with zero attached hydrogens (tertiary/aromatic N) is 1. The molecule has 0 aliphatic carbocycles. The molecule has 5 nitrogen and oxygen atoms in total. The highest BCUT2D eigenvalue weighted by molar-refractivity contribution is 5.94. The van der Waals surface area contributed by atoms with Crippen LogP contribution in [0.1, 0.15) is 29.3 Å². The van der Waals surface area contributed by atoms with Crippen LogP contribution in [-0.4, -0.2) is 41.0 Å². The van der Waals surface area contributed by atoms with E-state index in [0.717, 1.165) is 12.0 Å². The second-order valence-electron chi connectivity index (χ2n) is 5.37. The lowest BCUT2D eigenvalue weighted by molar-refractivity contribution is -0.127. The number of primary amides is 1. The molecule has 3 N–H and O–H groups in total. The molecule has 1 saturated heterocycles. The van der Waals surface area contributed by atoms with Gasteiger partial charge in [-0.15, -0.1) is 0 Å². The Balaban J connectivity index is 2.03. The van der Waals surface area contributed by atoms with Crippen molar-refractivity contribution in [2.24, 2.45) is 11.7 Å². The zero-order valence-corrected chi connectivity index (χ0v) is 12.0. The Hall–Kier alpha value is -2.14. The molecule has 2 atom stereocenters. The van der Waals surface area contributed by atoms with E-state index < -0.39 is 5.91 Å². The molecule has 1 heterocycles. The zero-order chi connectivity index (χ0) is 15.4. The highest BCUT2D eigenvalue weighted by atomic mass is 16.3. The molecule has 2 rings (SSSR count). The molecule has 0 radical (unpaired) electrons. The van der Waals surface area contributed by atoms with Gasteiger partial charge < -0.3 is 15.7 Å². The third kappa shape index (κ3) is 3.49. The van der Waals surface area contributed by atoms with Gasteiger partial charge in [-0.1, -0.05) is 19.1 Å². The van der Waals surface area contributed by atoms with E-state index >= 15 is 0 Å². The Morgan fingerprint density at radius 1 is 1.38 bits per heavy atom. The number of likely N-dealkylation sites (tertiary alicyclic amines) is 1. The third-order valence-electron chi connectivity index (χ3n) is 3.97. The van der Waals surface area contributed by atoms with Crippen LogP contribution in [0.5, 0.6) is 0 Å². The van der Waals surface area contributed by atoms with E-state index in [4.69, 9.17) is 5.73 Å². The standard InChI is InChI=1S/C16H20N2O3/c1-11-8-9-18(14(11)10-19)15(20)7-4-12-2-5-13(6-3-12)16(17)21/h2-7,11,14,19H,8-10H2,1H3,(H2,17,21)/b7-4+. The molecule has 1 aromatic rings. The van der Waals surface area contributed by atoms with Crippen LogP contribution in [0.25, 0.3) is 6.08 Å². The average molecular weight is 288 g/mol. The summed E-state index contributed by atoms with van der Waals surface area (Å²) in [5.41, 5.74) is 6.43. The van der Waals surface area contributed by atoms with Crippen molar-refractivity contribution >= 4 is 17.9 Å². The van der Waals surface area contributed by atoms with Gasteiger partial charge in [-0.25, -0.2) is 0 Å². The van der Waals surface area contributed by atoms with E-state index in [1.54, 1.807) is 35.2 Å². The lowest BCUT2D eigenvalue weighted by Gasteiger charge is -2.23. The summed E-state index contributed by atoms with van der Waals surface area (Å²) < 4.78 is 0. The summed E-state index contributed by atoms with van der Waals surface area (Å²) in [5, 5.41) is 9.36. The molecule has 1 aliphatic rings. The highest BCUT2D eigenvalue weighted by Gasteiger charge is 2.32. The van der Waals surface area contributed by atoms with Crippen LogP contribution in [0.4, 0.5) is 0 Å². The second kappa shape index (κ2) is 6.54. The van der Waals surface area contributed by atoms with Crippen LogP contribution in [0.15, 0.2) is 30.3 Å². The van der Waals surface area contributed by atoms with Gasteiger partial charge in [0.1, 0.15) is 0 Å². The Kier molecular flexibility index (Phi) is 4.75. The largest absolute Gasteiger partial charge is 0.394 e. The maximum atomic E-state index is 12.2. The smallest absolute Gasteiger partial charge is 0.248 e. The number of amides is 2. The van der Waals surface area contributed by atoms with Gasteiger partial charge in [-0.2, -0.15) is 0 Å². The van der Waals surface area contributed by atoms with Gasteiger partial charge >= 0.3 is 0 Å². The molecule has 21 heavy (non-hydrogen) atoms. The van der Waals surface area contributed by atoms with Crippen LogP contribution in [0, 0.1) is 5.92 Å². The molecule has 0 aromatic heterocycles. The normalized spacial score (nSPS) is 21.9. The van der Waals surface area contributed by atoms with Gasteiger partial charge in [0.05, 0.1) is 12.6 Å². The minimum Gasteiger partial charge on any atom is -0.394 e. The molecule has 112 valence electrons. The van der Waals surface area contributed by atoms with Gasteiger partial charge in [-0.3, -0.25) is 9.59 Å². The Labute approximate surface area is 124 Å². The van der Waals surface area contributed by atoms with Gasteiger partial charge in [-0.05, 0) is 36.1 Å². The summed E-state index contributed by atoms with van der Waals surface area (Å²) in [7, 11) is 0. The molecule has 2 amide bonds. The van der Waals surface area contributed by atoms with Gasteiger partial charge in [0.2, 0.25) is 11.8 Å². The SMILES string of the molecule is CC1CCN(C(=O)/C=C/c2ccc(C(N)=O)cc2)C1CO. The maximum absolute atomic E-state index is 12.2. The van der Waals surface area contributed by atoms with E-state index in [1.807, 2.05) is 6.92 Å². The predicted octanol–water partition coefficient (Wildman–Crippen LogP) is 1.03. The highest BCUT2D eigenvalue weighted by Crippen LogP contribution is 2.23. The first kappa shape index (κ1) is 15.3. The number of rotatable bonds is 4. The van der Waals surface area contributed by atoms with Crippen molar-refractivity contribution in [3.05, 3.63) is 41.5 Å². The first-order valence-corrected chi connectivity index (χ1v) is 7.02. The van der Waals surface area contributed by atoms with Crippen molar-refractivity contribution in [2.45, 2.75) is 19.4 Å². The molecular weight excluding hydrogens is 268 g/mol. The number of carbonyl (C=O) groups is 2. The maximum Gasteiger partial charge on any atom is 0.248 e. The molecule has 1 fully saturated rings. The summed E-state index contributed by atoms with van der Waals surface area (Å²) >= 11 is 0. The van der Waals surface area contributed by atoms with Crippen molar-refractivity contribution in [3.63, 3.8) is 0 Å². The van der Waals surface area contributed by atoms with Gasteiger partial charge in [0.15, 0.2) is 0 Å². The van der Waals surface area contributed by atoms with Crippen LogP contribution in [0.2, 0.25) is 0 Å². The monoisotopic (exact) mass is 288 g/mol. The zero-order valence-electron chi connectivity index (χ0n) is 12.0. The summed E-state index contributed by atoms with van der Waals surface area (Å²) in [5.74, 6) is -0.252. The summed E-state index contributed by atoms with van der Waals surface area (Å²) in [4.78, 5) is 24.8. The lowest BCUT2D eigenvalue weighted by atomic mass is 10.0. The number of hydrogen-bond donors (Lipinski definition) is 2. The number of carbonyl (C=O) groups excluding carboxylic acids is 2. The Morgan fingerprint density at radius 2 is 2.05 bits per heavy atom. The fourth-order valence-electron chi connectivity index (χ4n) is 2.58. The molecule has 2 unspecified atom stereocenters. The molecule has 0 saturated carbocycles. The van der Waals surface area contributed by atoms with Crippen LogP contribution in [-0.2, 0) is 4.79 Å². The Bertz CT molecular complexity index is 551. The fraction of sp³-hybridized carbons (Fsp3) is 0.375. The average Bonchev–Trinajstić information content (AvgIpc) is 2.86. The van der Waals surface area contributed by atoms with E-state index in [0.29, 0.717) is 18.0 Å². The summed E-state index contributed by atoms with van der Waals surface area (Å²) in [6.45, 7) is 2.71. The number of aliphatic hydroxyl groups is 1. The number of nitrogens with two attached hydrogens (primary N) is 1. The van der Waals surface area contributed by atoms with E-state index in [1.165, 1.54) is 6.08 Å². The summed E-state index contributed by atoms with van der Waals surface area (Å²) in [6, 6.07) is 6.63. The first-order valence-electron chi connectivity index (χ1n) is 7.02. The van der Waals surface area contributed by atoms with Crippen LogP contribution < -0.4 is 5.73 Å². The fourth-order valence-corrected chi connectivity index (χ4v) is 2.58. The molecule has 5 heteroatoms. The molecule has 1 aromatic carbocycles. The van der Waals surface area contributed by atoms with Gasteiger partial charge in [0.25, 0.3) is 0 Å². The molecule has 0 spiro atoms. The minimum atomic E-state index is -0.474. The minimum absolute atomic E-state index is 0.00590. The van der Waals surface area contributed by atoms with Crippen LogP contribution >= 0.6 is 0 Å². The summed E-state index contributed by atoms with van der Waals surface area (Å²) in [6.07, 6.45) is 4.11. The van der Waals surface area contributed by atoms with E-state index in [9.17, 15) is 14.7 Å². The van der Waals surface area contributed by atoms with E-state index in [-0.39, 0.29) is 18.6 Å². The van der Waals surface area contributed by atoms with Crippen molar-refractivity contribution in [3.8, 4) is 0 Å². The van der Waals surface area contributed by atoms with Crippen molar-refractivity contribution in [1.29, 1.82) is 0 Å². The number of hydrogen-bond acceptors (Lipinski definition) is 3. The van der Waals surface area contributed by atoms with Crippen LogP contribution in [0.3, 0.4) is 0 Å². The van der Waals surface area contributed by atoms with Crippen molar-refractivity contribution in [1.82, 2.24) is 4.90 Å². The van der Waals surface area contributed by atoms with Gasteiger partial charge in [0, 0.05) is 18.2 Å². The predicted molar refractivity (Wildman–Crippen MR) is 80.4 cm³/mol. The van der Waals surface area contributed by atoms with E-state index in [2.05, 4.69) is 0 Å². The molecule has 0 bridgehead atoms. The quantitative estimate of drug-likeness (QED) is 0.812. The number of aliphatic hydroxyl groups excluding tert-OH is 1. The molecule has 1 aliphatic heterocycles. The topological polar surface area (TPSA) is 83.6 Å². The number of benzene rings is 1. The van der Waals surface area contributed by atoms with Crippen molar-refractivity contribution in [2.75, 3.05) is 13.2 Å².